The summed E-state index contributed by atoms with van der Waals surface area (Å²) in [5.74, 6) is 0.431. The number of halogens is 1. The third kappa shape index (κ3) is 1.46. The van der Waals surface area contributed by atoms with Gasteiger partial charge in [0.05, 0.1) is 10.9 Å². The summed E-state index contributed by atoms with van der Waals surface area (Å²) >= 11 is 3.36. The Kier molecular flexibility index (Phi) is 2.17. The molecule has 2 aromatic rings. The van der Waals surface area contributed by atoms with Crippen molar-refractivity contribution in [2.75, 3.05) is 0 Å². The molecule has 5 heteroatoms. The van der Waals surface area contributed by atoms with Gasteiger partial charge in [0.25, 0.3) is 0 Å². The van der Waals surface area contributed by atoms with Crippen LogP contribution in [0.1, 0.15) is 0 Å². The first kappa shape index (κ1) is 9.08. The molecule has 1 amide bonds. The molecule has 0 fully saturated rings. The van der Waals surface area contributed by atoms with Crippen LogP contribution >= 0.6 is 15.9 Å². The van der Waals surface area contributed by atoms with Crippen LogP contribution in [0.5, 0.6) is 5.75 Å². The van der Waals surface area contributed by atoms with Crippen LogP contribution in [0, 0.1) is 0 Å². The number of amides is 1. The molecule has 14 heavy (non-hydrogen) atoms. The number of benzene rings is 1. The minimum Gasteiger partial charge on any atom is -0.408 e. The van der Waals surface area contributed by atoms with E-state index in [-0.39, 0.29) is 0 Å². The maximum absolute atomic E-state index is 10.6. The van der Waals surface area contributed by atoms with E-state index in [4.69, 9.17) is 10.5 Å². The molecule has 0 saturated heterocycles. The Morgan fingerprint density at radius 1 is 1.50 bits per heavy atom. The van der Waals surface area contributed by atoms with Crippen LogP contribution in [0.4, 0.5) is 4.79 Å². The highest BCUT2D eigenvalue weighted by Gasteiger charge is 2.09. The fourth-order valence-electron chi connectivity index (χ4n) is 1.30. The van der Waals surface area contributed by atoms with Crippen LogP contribution in [-0.2, 0) is 0 Å². The largest absolute Gasteiger partial charge is 0.410 e. The fraction of sp³-hybridized carbons (Fsp3) is 0. The maximum atomic E-state index is 10.6. The van der Waals surface area contributed by atoms with E-state index < -0.39 is 6.09 Å². The molecule has 72 valence electrons. The lowest BCUT2D eigenvalue weighted by Crippen LogP contribution is -2.15. The van der Waals surface area contributed by atoms with Crippen molar-refractivity contribution in [3.8, 4) is 5.75 Å². The van der Waals surface area contributed by atoms with E-state index >= 15 is 0 Å². The summed E-state index contributed by atoms with van der Waals surface area (Å²) in [6.45, 7) is 0. The van der Waals surface area contributed by atoms with Gasteiger partial charge in [-0.05, 0) is 28.1 Å². The van der Waals surface area contributed by atoms with Gasteiger partial charge in [0.15, 0.2) is 5.75 Å². The quantitative estimate of drug-likeness (QED) is 0.821. The Morgan fingerprint density at radius 2 is 2.29 bits per heavy atom. The highest BCUT2D eigenvalue weighted by atomic mass is 79.9. The van der Waals surface area contributed by atoms with Gasteiger partial charge in [-0.3, -0.25) is 0 Å². The number of nitrogens with one attached hydrogen (secondary N) is 1. The second kappa shape index (κ2) is 3.34. The van der Waals surface area contributed by atoms with E-state index in [0.29, 0.717) is 5.75 Å². The molecule has 1 heterocycles. The summed E-state index contributed by atoms with van der Waals surface area (Å²) in [6.07, 6.45) is 0.779. The predicted octanol–water partition coefficient (Wildman–Crippen LogP) is 2.39. The zero-order valence-corrected chi connectivity index (χ0v) is 8.67. The summed E-state index contributed by atoms with van der Waals surface area (Å²) in [4.78, 5) is 13.6. The number of primary amides is 1. The topological polar surface area (TPSA) is 68.1 Å². The molecule has 3 N–H and O–H groups in total. The van der Waals surface area contributed by atoms with Crippen LogP contribution in [0.15, 0.2) is 28.9 Å². The van der Waals surface area contributed by atoms with Crippen molar-refractivity contribution in [2.45, 2.75) is 0 Å². The van der Waals surface area contributed by atoms with Crippen LogP contribution in [0.2, 0.25) is 0 Å². The Hall–Kier alpha value is -1.49. The SMILES string of the molecule is NC(=O)Oc1c[nH]c2cccc(Br)c12. The lowest BCUT2D eigenvalue weighted by molar-refractivity contribution is 0.211. The van der Waals surface area contributed by atoms with E-state index in [2.05, 4.69) is 20.9 Å². The predicted molar refractivity (Wildman–Crippen MR) is 56.2 cm³/mol. The number of hydrogen-bond acceptors (Lipinski definition) is 2. The van der Waals surface area contributed by atoms with E-state index in [0.717, 1.165) is 15.4 Å². The average molecular weight is 255 g/mol. The number of carbonyl (C=O) groups is 1. The van der Waals surface area contributed by atoms with Crippen molar-refractivity contribution in [1.82, 2.24) is 4.98 Å². The highest BCUT2D eigenvalue weighted by molar-refractivity contribution is 9.10. The van der Waals surface area contributed by atoms with Crippen LogP contribution in [0.25, 0.3) is 10.9 Å². The van der Waals surface area contributed by atoms with Crippen molar-refractivity contribution in [3.63, 3.8) is 0 Å². The number of nitrogens with two attached hydrogens (primary N) is 1. The lowest BCUT2D eigenvalue weighted by atomic mass is 10.2. The Bertz CT molecular complexity index is 493. The number of H-pyrrole nitrogens is 1. The lowest BCUT2D eigenvalue weighted by Gasteiger charge is -1.99. The zero-order chi connectivity index (χ0) is 10.1. The third-order valence-electron chi connectivity index (χ3n) is 1.83. The molecule has 0 bridgehead atoms. The van der Waals surface area contributed by atoms with Crippen LogP contribution in [0.3, 0.4) is 0 Å². The summed E-state index contributed by atoms with van der Waals surface area (Å²) in [5.41, 5.74) is 5.82. The molecule has 0 saturated carbocycles. The Morgan fingerprint density at radius 3 is 3.00 bits per heavy atom. The van der Waals surface area contributed by atoms with Gasteiger partial charge in [0.1, 0.15) is 0 Å². The molecular formula is C9H7BrN2O2. The first-order valence-electron chi connectivity index (χ1n) is 3.91. The number of fused-ring (bicyclic) bond motifs is 1. The van der Waals surface area contributed by atoms with Crippen molar-refractivity contribution >= 4 is 32.9 Å². The van der Waals surface area contributed by atoms with E-state index in [9.17, 15) is 4.79 Å². The second-order valence-electron chi connectivity index (χ2n) is 2.74. The van der Waals surface area contributed by atoms with Gasteiger partial charge in [0, 0.05) is 10.7 Å². The van der Waals surface area contributed by atoms with Gasteiger partial charge >= 0.3 is 6.09 Å². The van der Waals surface area contributed by atoms with E-state index in [1.807, 2.05) is 18.2 Å². The number of hydrogen-bond donors (Lipinski definition) is 2. The summed E-state index contributed by atoms with van der Waals surface area (Å²) in [7, 11) is 0. The van der Waals surface area contributed by atoms with Crippen molar-refractivity contribution in [1.29, 1.82) is 0 Å². The molecular weight excluding hydrogens is 248 g/mol. The van der Waals surface area contributed by atoms with Gasteiger partial charge in [0.2, 0.25) is 0 Å². The standard InChI is InChI=1S/C9H7BrN2O2/c10-5-2-1-3-6-8(5)7(4-12-6)14-9(11)13/h1-4,12H,(H2,11,13). The van der Waals surface area contributed by atoms with Gasteiger partial charge < -0.3 is 15.5 Å². The first-order valence-corrected chi connectivity index (χ1v) is 4.70. The molecule has 1 aromatic heterocycles. The monoisotopic (exact) mass is 254 g/mol. The van der Waals surface area contributed by atoms with Crippen molar-refractivity contribution < 1.29 is 9.53 Å². The van der Waals surface area contributed by atoms with E-state index in [1.165, 1.54) is 0 Å². The molecule has 0 atom stereocenters. The number of rotatable bonds is 1. The summed E-state index contributed by atoms with van der Waals surface area (Å²) in [6, 6.07) is 5.63. The Labute approximate surface area is 88.2 Å². The third-order valence-corrected chi connectivity index (χ3v) is 2.49. The molecule has 0 aliphatic heterocycles. The number of ether oxygens (including phenoxy) is 1. The van der Waals surface area contributed by atoms with Crippen LogP contribution < -0.4 is 10.5 Å². The van der Waals surface area contributed by atoms with Gasteiger partial charge in [-0.25, -0.2) is 4.79 Å². The highest BCUT2D eigenvalue weighted by Crippen LogP contribution is 2.31. The molecule has 4 nitrogen and oxygen atoms in total. The van der Waals surface area contributed by atoms with Crippen molar-refractivity contribution in [2.24, 2.45) is 5.73 Å². The maximum Gasteiger partial charge on any atom is 0.410 e. The summed E-state index contributed by atoms with van der Waals surface area (Å²) < 4.78 is 5.68. The molecule has 0 radical (unpaired) electrons. The summed E-state index contributed by atoms with van der Waals surface area (Å²) in [5, 5.41) is 0.811. The van der Waals surface area contributed by atoms with Gasteiger partial charge in [-0.1, -0.05) is 6.07 Å². The molecule has 0 spiro atoms. The number of carbonyl (C=O) groups excluding carboxylic acids is 1. The van der Waals surface area contributed by atoms with Gasteiger partial charge in [-0.2, -0.15) is 0 Å². The normalized spacial score (nSPS) is 10.4. The second-order valence-corrected chi connectivity index (χ2v) is 3.59. The molecule has 0 unspecified atom stereocenters. The molecule has 0 aliphatic rings. The smallest absolute Gasteiger partial charge is 0.408 e. The number of aromatic amines is 1. The average Bonchev–Trinajstić information content (AvgIpc) is 2.49. The molecule has 0 aliphatic carbocycles. The first-order chi connectivity index (χ1) is 6.68. The van der Waals surface area contributed by atoms with E-state index in [1.54, 1.807) is 6.20 Å². The minimum absolute atomic E-state index is 0.431. The van der Waals surface area contributed by atoms with Gasteiger partial charge in [-0.15, -0.1) is 0 Å². The van der Waals surface area contributed by atoms with Crippen molar-refractivity contribution in [3.05, 3.63) is 28.9 Å². The Balaban J connectivity index is 2.61. The zero-order valence-electron chi connectivity index (χ0n) is 7.08. The fourth-order valence-corrected chi connectivity index (χ4v) is 1.86. The van der Waals surface area contributed by atoms with Crippen LogP contribution in [-0.4, -0.2) is 11.1 Å². The molecule has 1 aromatic carbocycles. The molecule has 2 rings (SSSR count). The minimum atomic E-state index is -0.818. The number of aromatic nitrogens is 1.